The number of carboxylic acid groups (broad SMARTS) is 4. The van der Waals surface area contributed by atoms with Gasteiger partial charge < -0.3 is 20.4 Å². The maximum absolute atomic E-state index is 12.5. The molecule has 33 heavy (non-hydrogen) atoms. The Balaban J connectivity index is 3.09. The zero-order valence-electron chi connectivity index (χ0n) is 18.9. The second kappa shape index (κ2) is 13.7. The van der Waals surface area contributed by atoms with Gasteiger partial charge in [-0.3, -0.25) is 38.8 Å². The van der Waals surface area contributed by atoms with E-state index in [1.807, 2.05) is 0 Å². The molecule has 1 rings (SSSR count). The standard InChI is InChI=1S/C19H33N5O9/c1-14(18(31)20(2)19(32)33)24-9-7-22(12-16(27)28)5-3-21(11-15(25)26)4-6-23(8-10-24)13-17(29)30/h14H,3-13H2,1-2H3,(H,25,26)(H,27,28)(H,29,30)(H,32,33). The first-order valence-electron chi connectivity index (χ1n) is 10.5. The molecule has 2 amide bonds. The Hall–Kier alpha value is -2.81. The van der Waals surface area contributed by atoms with E-state index in [2.05, 4.69) is 0 Å². The lowest BCUT2D eigenvalue weighted by molar-refractivity contribution is -0.141. The van der Waals surface area contributed by atoms with Crippen LogP contribution in [-0.2, 0) is 19.2 Å². The van der Waals surface area contributed by atoms with Crippen molar-refractivity contribution in [3.05, 3.63) is 0 Å². The summed E-state index contributed by atoms with van der Waals surface area (Å²) >= 11 is 0. The van der Waals surface area contributed by atoms with Crippen LogP contribution >= 0.6 is 0 Å². The summed E-state index contributed by atoms with van der Waals surface area (Å²) in [5, 5.41) is 36.7. The zero-order valence-corrected chi connectivity index (χ0v) is 18.9. The van der Waals surface area contributed by atoms with Crippen LogP contribution in [0.4, 0.5) is 4.79 Å². The molecule has 14 heteroatoms. The van der Waals surface area contributed by atoms with Crippen molar-refractivity contribution in [2.24, 2.45) is 0 Å². The van der Waals surface area contributed by atoms with E-state index < -0.39 is 36.0 Å². The predicted octanol–water partition coefficient (Wildman–Crippen LogP) is -2.01. The van der Waals surface area contributed by atoms with Gasteiger partial charge in [0.15, 0.2) is 0 Å². The average Bonchev–Trinajstić information content (AvgIpc) is 2.71. The largest absolute Gasteiger partial charge is 0.480 e. The van der Waals surface area contributed by atoms with E-state index in [-0.39, 0.29) is 72.0 Å². The number of rotatable bonds is 8. The highest BCUT2D eigenvalue weighted by atomic mass is 16.4. The van der Waals surface area contributed by atoms with Gasteiger partial charge in [0.1, 0.15) is 0 Å². The molecule has 0 aromatic rings. The van der Waals surface area contributed by atoms with Crippen LogP contribution in [0.25, 0.3) is 0 Å². The number of hydrogen-bond acceptors (Lipinski definition) is 9. The van der Waals surface area contributed by atoms with Crippen molar-refractivity contribution in [2.45, 2.75) is 13.0 Å². The first-order valence-corrected chi connectivity index (χ1v) is 10.5. The highest BCUT2D eigenvalue weighted by molar-refractivity contribution is 5.93. The Morgan fingerprint density at radius 2 is 0.970 bits per heavy atom. The topological polar surface area (TPSA) is 182 Å². The lowest BCUT2D eigenvalue weighted by Crippen LogP contribution is -2.53. The minimum atomic E-state index is -1.40. The summed E-state index contributed by atoms with van der Waals surface area (Å²) in [5.74, 6) is -3.81. The summed E-state index contributed by atoms with van der Waals surface area (Å²) in [4.78, 5) is 64.6. The van der Waals surface area contributed by atoms with Crippen LogP contribution in [0.1, 0.15) is 6.92 Å². The van der Waals surface area contributed by atoms with Gasteiger partial charge in [0.05, 0.1) is 25.7 Å². The number of nitrogens with zero attached hydrogens (tertiary/aromatic N) is 5. The van der Waals surface area contributed by atoms with Crippen LogP contribution in [0, 0.1) is 0 Å². The van der Waals surface area contributed by atoms with E-state index in [9.17, 15) is 34.2 Å². The first-order chi connectivity index (χ1) is 15.4. The van der Waals surface area contributed by atoms with E-state index in [4.69, 9.17) is 10.2 Å². The fraction of sp³-hybridized carbons (Fsp3) is 0.737. The molecular weight excluding hydrogens is 442 g/mol. The molecule has 1 unspecified atom stereocenters. The summed E-state index contributed by atoms with van der Waals surface area (Å²) in [5.41, 5.74) is 0. The Morgan fingerprint density at radius 3 is 1.24 bits per heavy atom. The molecule has 1 fully saturated rings. The Bertz CT molecular complexity index is 688. The van der Waals surface area contributed by atoms with E-state index in [1.165, 1.54) is 0 Å². The van der Waals surface area contributed by atoms with Gasteiger partial charge >= 0.3 is 24.0 Å². The van der Waals surface area contributed by atoms with Gasteiger partial charge in [0.25, 0.3) is 0 Å². The number of hydrogen-bond donors (Lipinski definition) is 4. The summed E-state index contributed by atoms with van der Waals surface area (Å²) in [6.45, 7) is 2.68. The first kappa shape index (κ1) is 28.2. The average molecular weight is 475 g/mol. The minimum absolute atomic E-state index is 0.230. The normalized spacial score (nSPS) is 19.1. The Kier molecular flexibility index (Phi) is 11.7. The van der Waals surface area contributed by atoms with Crippen LogP contribution < -0.4 is 0 Å². The maximum atomic E-state index is 12.5. The molecule has 4 N–H and O–H groups in total. The van der Waals surface area contributed by atoms with E-state index >= 15 is 0 Å². The van der Waals surface area contributed by atoms with Crippen molar-refractivity contribution in [3.63, 3.8) is 0 Å². The number of aliphatic carboxylic acids is 3. The number of imide groups is 1. The Morgan fingerprint density at radius 1 is 0.667 bits per heavy atom. The fourth-order valence-electron chi connectivity index (χ4n) is 3.52. The van der Waals surface area contributed by atoms with E-state index in [1.54, 1.807) is 26.5 Å². The molecule has 1 saturated heterocycles. The van der Waals surface area contributed by atoms with Gasteiger partial charge in [-0.2, -0.15) is 0 Å². The molecule has 0 saturated carbocycles. The van der Waals surface area contributed by atoms with Gasteiger partial charge in [-0.15, -0.1) is 0 Å². The molecule has 0 radical (unpaired) electrons. The molecule has 1 aliphatic rings. The molecule has 0 aliphatic carbocycles. The van der Waals surface area contributed by atoms with Crippen molar-refractivity contribution in [3.8, 4) is 0 Å². The van der Waals surface area contributed by atoms with Crippen molar-refractivity contribution >= 4 is 29.9 Å². The molecule has 1 atom stereocenters. The van der Waals surface area contributed by atoms with Crippen LogP contribution in [0.15, 0.2) is 0 Å². The molecule has 1 heterocycles. The fourth-order valence-corrected chi connectivity index (χ4v) is 3.52. The lowest BCUT2D eigenvalue weighted by Gasteiger charge is -2.35. The van der Waals surface area contributed by atoms with Crippen molar-refractivity contribution in [2.75, 3.05) is 79.0 Å². The van der Waals surface area contributed by atoms with Crippen LogP contribution in [0.5, 0.6) is 0 Å². The van der Waals surface area contributed by atoms with Crippen LogP contribution in [-0.4, -0.2) is 160 Å². The number of amides is 2. The highest BCUT2D eigenvalue weighted by Gasteiger charge is 2.28. The third kappa shape index (κ3) is 10.6. The van der Waals surface area contributed by atoms with Crippen molar-refractivity contribution in [1.29, 1.82) is 0 Å². The summed E-state index contributed by atoms with van der Waals surface area (Å²) < 4.78 is 0. The second-order valence-corrected chi connectivity index (χ2v) is 7.90. The Labute approximate surface area is 191 Å². The number of carboxylic acids is 3. The second-order valence-electron chi connectivity index (χ2n) is 7.90. The van der Waals surface area contributed by atoms with Crippen LogP contribution in [0.2, 0.25) is 0 Å². The van der Waals surface area contributed by atoms with Gasteiger partial charge in [-0.05, 0) is 6.92 Å². The summed E-state index contributed by atoms with van der Waals surface area (Å²) in [6.07, 6.45) is -1.40. The SMILES string of the molecule is CC(C(=O)N(C)C(=O)O)N1CCN(CC(=O)O)CCN(CC(=O)O)CCN(CC(=O)O)CC1. The van der Waals surface area contributed by atoms with E-state index in [0.29, 0.717) is 4.90 Å². The lowest BCUT2D eigenvalue weighted by atomic mass is 10.2. The highest BCUT2D eigenvalue weighted by Crippen LogP contribution is 2.07. The molecular formula is C19H33N5O9. The number of carbonyl (C=O) groups is 5. The molecule has 1 aliphatic heterocycles. The summed E-state index contributed by atoms with van der Waals surface area (Å²) in [7, 11) is 1.14. The monoisotopic (exact) mass is 475 g/mol. The molecule has 188 valence electrons. The molecule has 0 bridgehead atoms. The smallest absolute Gasteiger partial charge is 0.413 e. The number of carbonyl (C=O) groups excluding carboxylic acids is 1. The molecule has 14 nitrogen and oxygen atoms in total. The van der Waals surface area contributed by atoms with Gasteiger partial charge in [-0.25, -0.2) is 9.69 Å². The third-order valence-electron chi connectivity index (χ3n) is 5.47. The minimum Gasteiger partial charge on any atom is -0.480 e. The van der Waals surface area contributed by atoms with Gasteiger partial charge in [-0.1, -0.05) is 0 Å². The molecule has 0 aromatic carbocycles. The van der Waals surface area contributed by atoms with Crippen LogP contribution in [0.3, 0.4) is 0 Å². The van der Waals surface area contributed by atoms with E-state index in [0.717, 1.165) is 7.05 Å². The molecule has 0 aromatic heterocycles. The maximum Gasteiger partial charge on any atom is 0.413 e. The number of likely N-dealkylation sites (N-methyl/N-ethyl adjacent to an activating group) is 1. The van der Waals surface area contributed by atoms with Gasteiger partial charge in [0, 0.05) is 59.4 Å². The zero-order chi connectivity index (χ0) is 25.1. The quantitative estimate of drug-likeness (QED) is 0.302. The van der Waals surface area contributed by atoms with Crippen molar-refractivity contribution < 1.29 is 44.4 Å². The third-order valence-corrected chi connectivity index (χ3v) is 5.47. The molecule has 0 spiro atoms. The van der Waals surface area contributed by atoms with Gasteiger partial charge in [0.2, 0.25) is 5.91 Å². The summed E-state index contributed by atoms with van der Waals surface area (Å²) in [6, 6.07) is -0.837. The van der Waals surface area contributed by atoms with Crippen molar-refractivity contribution in [1.82, 2.24) is 24.5 Å². The predicted molar refractivity (Wildman–Crippen MR) is 114 cm³/mol.